The SMILES string of the molecule is CCOC(=O)Cc1cccc(OCCCCCCOc2c(OC)ccc3cc4[n+](cc23)CCc2cc3c(cc2-4)OCO3)c1.[Cl-]. The van der Waals surface area contributed by atoms with Crippen molar-refractivity contribution in [3.05, 3.63) is 71.9 Å². The second-order valence-corrected chi connectivity index (χ2v) is 10.8. The molecule has 9 heteroatoms. The fourth-order valence-electron chi connectivity index (χ4n) is 5.75. The first-order valence-electron chi connectivity index (χ1n) is 15.1. The lowest BCUT2D eigenvalue weighted by Crippen LogP contribution is -3.00. The van der Waals surface area contributed by atoms with Crippen LogP contribution in [0.15, 0.2) is 60.8 Å². The molecule has 0 aliphatic carbocycles. The zero-order chi connectivity index (χ0) is 29.6. The molecule has 0 unspecified atom stereocenters. The van der Waals surface area contributed by atoms with Gasteiger partial charge in [0.05, 0.1) is 44.3 Å². The Morgan fingerprint density at radius 3 is 2.52 bits per heavy atom. The molecule has 0 amide bonds. The van der Waals surface area contributed by atoms with Crippen LogP contribution in [0.1, 0.15) is 43.7 Å². The molecule has 6 rings (SSSR count). The highest BCUT2D eigenvalue weighted by Crippen LogP contribution is 2.41. The van der Waals surface area contributed by atoms with Gasteiger partial charge in [0.25, 0.3) is 0 Å². The van der Waals surface area contributed by atoms with Gasteiger partial charge in [0.2, 0.25) is 12.5 Å². The van der Waals surface area contributed by atoms with E-state index in [-0.39, 0.29) is 31.6 Å². The first-order chi connectivity index (χ1) is 21.1. The van der Waals surface area contributed by atoms with Crippen LogP contribution in [0.5, 0.6) is 28.7 Å². The molecule has 0 bridgehead atoms. The number of fused-ring (bicyclic) bond motifs is 5. The van der Waals surface area contributed by atoms with E-state index < -0.39 is 0 Å². The van der Waals surface area contributed by atoms with Crippen LogP contribution in [0, 0.1) is 0 Å². The highest BCUT2D eigenvalue weighted by molar-refractivity contribution is 5.91. The van der Waals surface area contributed by atoms with Crippen molar-refractivity contribution in [1.82, 2.24) is 0 Å². The van der Waals surface area contributed by atoms with Gasteiger partial charge in [-0.1, -0.05) is 12.1 Å². The molecule has 3 heterocycles. The van der Waals surface area contributed by atoms with Crippen LogP contribution in [0.4, 0.5) is 0 Å². The van der Waals surface area contributed by atoms with Gasteiger partial charge >= 0.3 is 5.97 Å². The maximum Gasteiger partial charge on any atom is 0.310 e. The normalized spacial score (nSPS) is 12.6. The van der Waals surface area contributed by atoms with E-state index in [0.717, 1.165) is 89.4 Å². The Morgan fingerprint density at radius 1 is 0.932 bits per heavy atom. The third kappa shape index (κ3) is 6.97. The number of esters is 1. The number of methoxy groups -OCH3 is 1. The van der Waals surface area contributed by atoms with Gasteiger partial charge in [-0.3, -0.25) is 4.79 Å². The molecule has 0 radical (unpaired) electrons. The summed E-state index contributed by atoms with van der Waals surface area (Å²) in [5, 5.41) is 2.15. The van der Waals surface area contributed by atoms with Crippen LogP contribution in [-0.4, -0.2) is 39.7 Å². The van der Waals surface area contributed by atoms with Crippen LogP contribution >= 0.6 is 0 Å². The first kappa shape index (κ1) is 31.3. The molecule has 2 aliphatic heterocycles. The van der Waals surface area contributed by atoms with Crippen molar-refractivity contribution in [2.24, 2.45) is 0 Å². The summed E-state index contributed by atoms with van der Waals surface area (Å²) in [7, 11) is 1.69. The molecule has 3 aromatic carbocycles. The Kier molecular flexibility index (Phi) is 10.3. The third-order valence-electron chi connectivity index (χ3n) is 7.90. The topological polar surface area (TPSA) is 76.3 Å². The Labute approximate surface area is 264 Å². The highest BCUT2D eigenvalue weighted by atomic mass is 35.5. The van der Waals surface area contributed by atoms with Crippen LogP contribution in [0.3, 0.4) is 0 Å². The molecule has 0 saturated heterocycles. The number of aryl methyl sites for hydroxylation is 2. The van der Waals surface area contributed by atoms with Gasteiger partial charge in [0, 0.05) is 12.5 Å². The molecule has 2 aliphatic rings. The second kappa shape index (κ2) is 14.5. The van der Waals surface area contributed by atoms with E-state index in [2.05, 4.69) is 35.0 Å². The maximum atomic E-state index is 11.7. The van der Waals surface area contributed by atoms with Crippen LogP contribution in [-0.2, 0) is 28.9 Å². The van der Waals surface area contributed by atoms with Gasteiger partial charge in [-0.25, -0.2) is 0 Å². The summed E-state index contributed by atoms with van der Waals surface area (Å²) in [6.07, 6.45) is 7.34. The Hall–Kier alpha value is -4.17. The van der Waals surface area contributed by atoms with Crippen LogP contribution in [0.25, 0.3) is 22.0 Å². The molecule has 232 valence electrons. The van der Waals surface area contributed by atoms with E-state index in [1.54, 1.807) is 7.11 Å². The molecule has 1 aromatic heterocycles. The van der Waals surface area contributed by atoms with Crippen molar-refractivity contribution in [3.8, 4) is 40.0 Å². The number of halogens is 1. The number of hydrogen-bond donors (Lipinski definition) is 0. The lowest BCUT2D eigenvalue weighted by atomic mass is 9.95. The zero-order valence-corrected chi connectivity index (χ0v) is 26.0. The van der Waals surface area contributed by atoms with Crippen LogP contribution in [0.2, 0.25) is 0 Å². The van der Waals surface area contributed by atoms with Crippen molar-refractivity contribution in [1.29, 1.82) is 0 Å². The van der Waals surface area contributed by atoms with Crippen molar-refractivity contribution in [2.75, 3.05) is 33.7 Å². The second-order valence-electron chi connectivity index (χ2n) is 10.8. The molecule has 0 fully saturated rings. The van der Waals surface area contributed by atoms with E-state index in [4.69, 9.17) is 28.4 Å². The standard InChI is InChI=1S/C35H38NO7.ClH/c1-3-39-34(37)18-24-9-8-10-27(17-24)40-15-6-4-5-7-16-41-35-29-22-36-14-13-26-20-32-33(43-23-42-32)21-28(26)30(36)19-25(29)11-12-31(35)38-2;/h8-12,17,19-22H,3-7,13-16,18,23H2,1-2H3;1H/q+1;/p-1. The third-order valence-corrected chi connectivity index (χ3v) is 7.90. The average Bonchev–Trinajstić information content (AvgIpc) is 3.48. The summed E-state index contributed by atoms with van der Waals surface area (Å²) in [4.78, 5) is 11.7. The molecule has 0 spiro atoms. The number of carbonyl (C=O) groups excluding carboxylic acids is 1. The van der Waals surface area contributed by atoms with Gasteiger partial charge in [0.15, 0.2) is 35.7 Å². The molecule has 4 aromatic rings. The fourth-order valence-corrected chi connectivity index (χ4v) is 5.75. The number of pyridine rings is 1. The van der Waals surface area contributed by atoms with Gasteiger partial charge < -0.3 is 40.8 Å². The predicted octanol–water partition coefficient (Wildman–Crippen LogP) is 3.22. The molecule has 44 heavy (non-hydrogen) atoms. The summed E-state index contributed by atoms with van der Waals surface area (Å²) in [5.41, 5.74) is 4.52. The van der Waals surface area contributed by atoms with Gasteiger partial charge in [-0.05, 0) is 85.5 Å². The van der Waals surface area contributed by atoms with Crippen molar-refractivity contribution >= 4 is 16.7 Å². The highest BCUT2D eigenvalue weighted by Gasteiger charge is 2.28. The van der Waals surface area contributed by atoms with Gasteiger partial charge in [-0.2, -0.15) is 4.57 Å². The number of aromatic nitrogens is 1. The lowest BCUT2D eigenvalue weighted by molar-refractivity contribution is -0.686. The smallest absolute Gasteiger partial charge is 0.310 e. The van der Waals surface area contributed by atoms with Crippen molar-refractivity contribution in [2.45, 2.75) is 52.0 Å². The fraction of sp³-hybridized carbons (Fsp3) is 0.371. The largest absolute Gasteiger partial charge is 1.00 e. The quantitative estimate of drug-likeness (QED) is 0.129. The van der Waals surface area contributed by atoms with E-state index in [0.29, 0.717) is 19.8 Å². The van der Waals surface area contributed by atoms with E-state index >= 15 is 0 Å². The molecular weight excluding hydrogens is 582 g/mol. The maximum absolute atomic E-state index is 11.7. The van der Waals surface area contributed by atoms with E-state index in [1.807, 2.05) is 37.3 Å². The first-order valence-corrected chi connectivity index (χ1v) is 15.1. The molecular formula is C35H38ClNO7. The zero-order valence-electron chi connectivity index (χ0n) is 25.2. The molecule has 0 N–H and O–H groups in total. The number of carbonyl (C=O) groups is 1. The number of benzene rings is 3. The summed E-state index contributed by atoms with van der Waals surface area (Å²) in [5.74, 6) is 3.73. The minimum absolute atomic E-state index is 0. The summed E-state index contributed by atoms with van der Waals surface area (Å²) in [6.45, 7) is 4.60. The summed E-state index contributed by atoms with van der Waals surface area (Å²) >= 11 is 0. The molecule has 0 atom stereocenters. The predicted molar refractivity (Wildman–Crippen MR) is 162 cm³/mol. The molecule has 8 nitrogen and oxygen atoms in total. The minimum Gasteiger partial charge on any atom is -1.00 e. The minimum atomic E-state index is -0.221. The van der Waals surface area contributed by atoms with E-state index in [9.17, 15) is 4.79 Å². The Bertz CT molecular complexity index is 1620. The number of unbranched alkanes of at least 4 members (excludes halogenated alkanes) is 3. The lowest BCUT2D eigenvalue weighted by Gasteiger charge is -2.18. The summed E-state index contributed by atoms with van der Waals surface area (Å²) < 4.78 is 36.5. The monoisotopic (exact) mass is 619 g/mol. The van der Waals surface area contributed by atoms with E-state index in [1.165, 1.54) is 11.1 Å². The van der Waals surface area contributed by atoms with Crippen LogP contribution < -0.4 is 40.7 Å². The summed E-state index contributed by atoms with van der Waals surface area (Å²) in [6, 6.07) is 18.2. The number of rotatable bonds is 13. The molecule has 0 saturated carbocycles. The Balaban J connectivity index is 0.00000384. The van der Waals surface area contributed by atoms with Crippen molar-refractivity contribution < 1.29 is 50.2 Å². The van der Waals surface area contributed by atoms with Crippen molar-refractivity contribution in [3.63, 3.8) is 0 Å². The number of nitrogens with zero attached hydrogens (tertiary/aromatic N) is 1. The van der Waals surface area contributed by atoms with Gasteiger partial charge in [0.1, 0.15) is 5.75 Å². The Morgan fingerprint density at radius 2 is 1.73 bits per heavy atom. The number of ether oxygens (including phenoxy) is 6. The number of hydrogen-bond acceptors (Lipinski definition) is 7. The average molecular weight is 620 g/mol. The van der Waals surface area contributed by atoms with Gasteiger partial charge in [-0.15, -0.1) is 0 Å².